The number of carbonyl (C=O) groups is 1. The summed E-state index contributed by atoms with van der Waals surface area (Å²) in [6.45, 7) is 16.1. The minimum absolute atomic E-state index is 0.0488. The Hall–Kier alpha value is -2.44. The minimum Gasteiger partial charge on any atom is -0.383 e. The van der Waals surface area contributed by atoms with Gasteiger partial charge in [0.15, 0.2) is 5.65 Å². The smallest absolute Gasteiger partial charge is 0.246 e. The molecule has 7 nitrogen and oxygen atoms in total. The Kier molecular flexibility index (Phi) is 7.54. The maximum Gasteiger partial charge on any atom is 0.246 e. The predicted octanol–water partition coefficient (Wildman–Crippen LogP) is 3.12. The maximum atomic E-state index is 11.9. The maximum absolute atomic E-state index is 11.9. The molecule has 0 saturated carbocycles. The molecule has 2 aromatic heterocycles. The fourth-order valence-corrected chi connectivity index (χ4v) is 3.03. The summed E-state index contributed by atoms with van der Waals surface area (Å²) in [6.07, 6.45) is 3.63. The van der Waals surface area contributed by atoms with E-state index in [4.69, 9.17) is 5.73 Å². The van der Waals surface area contributed by atoms with Gasteiger partial charge in [-0.2, -0.15) is 5.10 Å². The molecular weight excluding hydrogens is 316 g/mol. The van der Waals surface area contributed by atoms with Gasteiger partial charge in [-0.05, 0) is 26.3 Å². The van der Waals surface area contributed by atoms with Crippen molar-refractivity contribution in [2.45, 2.75) is 60.0 Å². The minimum atomic E-state index is -0.0488. The molecule has 3 rings (SSSR count). The van der Waals surface area contributed by atoms with Gasteiger partial charge in [0.1, 0.15) is 12.1 Å². The van der Waals surface area contributed by atoms with Crippen LogP contribution in [0.15, 0.2) is 19.0 Å². The Labute approximate surface area is 149 Å². The highest BCUT2D eigenvalue weighted by molar-refractivity contribution is 5.88. The van der Waals surface area contributed by atoms with Crippen LogP contribution in [0.2, 0.25) is 0 Å². The van der Waals surface area contributed by atoms with Crippen molar-refractivity contribution in [3.8, 4) is 0 Å². The molecule has 138 valence electrons. The van der Waals surface area contributed by atoms with E-state index in [0.29, 0.717) is 12.4 Å². The molecule has 2 aromatic rings. The fraction of sp³-hybridized carbons (Fsp3) is 0.556. The number of anilines is 1. The fourth-order valence-electron chi connectivity index (χ4n) is 3.03. The van der Waals surface area contributed by atoms with E-state index in [2.05, 4.69) is 21.6 Å². The summed E-state index contributed by atoms with van der Waals surface area (Å²) in [5.41, 5.74) is 7.45. The normalized spacial score (nSPS) is 18.9. The largest absolute Gasteiger partial charge is 0.383 e. The third-order valence-corrected chi connectivity index (χ3v) is 4.05. The van der Waals surface area contributed by atoms with Gasteiger partial charge in [-0.1, -0.05) is 34.3 Å². The second kappa shape index (κ2) is 9.15. The number of carbonyl (C=O) groups excluding carboxylic acids is 1. The standard InChI is InChI=1S/C14H18N6O.2C2H6/c1-4-11(21)19-6-10(5-8(19)2)20-14-12(9(3)18-20)13(15)16-7-17-14;2*1-2/h4,7-8,10H,1,5-6H2,2-3H3,(H2,15,16,17);2*1-2H3/t8-,10?;;/m1../s1. The summed E-state index contributed by atoms with van der Waals surface area (Å²) in [7, 11) is 0. The molecule has 0 spiro atoms. The molecule has 1 aliphatic rings. The van der Waals surface area contributed by atoms with Crippen molar-refractivity contribution < 1.29 is 4.79 Å². The lowest BCUT2D eigenvalue weighted by molar-refractivity contribution is -0.126. The lowest BCUT2D eigenvalue weighted by Gasteiger charge is -2.19. The van der Waals surface area contributed by atoms with Crippen LogP contribution in [0, 0.1) is 6.92 Å². The van der Waals surface area contributed by atoms with Crippen molar-refractivity contribution in [3.05, 3.63) is 24.7 Å². The van der Waals surface area contributed by atoms with E-state index in [1.165, 1.54) is 12.4 Å². The monoisotopic (exact) mass is 346 g/mol. The SMILES string of the molecule is C=CC(=O)N1CC(n2nc(C)c3c(N)ncnc32)C[C@H]1C.CC.CC. The molecule has 1 fully saturated rings. The highest BCUT2D eigenvalue weighted by Gasteiger charge is 2.34. The zero-order chi connectivity index (χ0) is 19.1. The van der Waals surface area contributed by atoms with E-state index < -0.39 is 0 Å². The Bertz CT molecular complexity index is 724. The molecule has 2 atom stereocenters. The number of aryl methyl sites for hydroxylation is 1. The average Bonchev–Trinajstić information content (AvgIpc) is 3.19. The number of hydrogen-bond donors (Lipinski definition) is 1. The molecule has 1 aliphatic heterocycles. The van der Waals surface area contributed by atoms with Gasteiger partial charge in [-0.25, -0.2) is 14.6 Å². The Morgan fingerprint density at radius 2 is 1.96 bits per heavy atom. The van der Waals surface area contributed by atoms with Crippen LogP contribution in [0.25, 0.3) is 11.0 Å². The number of amides is 1. The third kappa shape index (κ3) is 3.97. The van der Waals surface area contributed by atoms with Gasteiger partial charge in [-0.3, -0.25) is 4.79 Å². The summed E-state index contributed by atoms with van der Waals surface area (Å²) in [5, 5.41) is 5.35. The first-order valence-corrected chi connectivity index (χ1v) is 8.91. The number of likely N-dealkylation sites (tertiary alicyclic amines) is 1. The Morgan fingerprint density at radius 3 is 2.56 bits per heavy atom. The summed E-state index contributed by atoms with van der Waals surface area (Å²) in [5.74, 6) is 0.390. The van der Waals surface area contributed by atoms with E-state index in [0.717, 1.165) is 23.1 Å². The van der Waals surface area contributed by atoms with Crippen molar-refractivity contribution in [2.24, 2.45) is 0 Å². The van der Waals surface area contributed by atoms with Gasteiger partial charge in [0.25, 0.3) is 0 Å². The quantitative estimate of drug-likeness (QED) is 0.844. The highest BCUT2D eigenvalue weighted by atomic mass is 16.2. The third-order valence-electron chi connectivity index (χ3n) is 4.05. The number of fused-ring (bicyclic) bond motifs is 1. The molecule has 0 aromatic carbocycles. The molecule has 7 heteroatoms. The summed E-state index contributed by atoms with van der Waals surface area (Å²) < 4.78 is 1.87. The first kappa shape index (κ1) is 20.6. The molecule has 0 bridgehead atoms. The zero-order valence-corrected chi connectivity index (χ0v) is 16.2. The predicted molar refractivity (Wildman–Crippen MR) is 102 cm³/mol. The second-order valence-corrected chi connectivity index (χ2v) is 5.42. The molecular formula is C18H30N6O. The van der Waals surface area contributed by atoms with Crippen LogP contribution in [-0.4, -0.2) is 43.1 Å². The molecule has 1 amide bonds. The first-order chi connectivity index (χ1) is 12.0. The lowest BCUT2D eigenvalue weighted by atomic mass is 10.2. The van der Waals surface area contributed by atoms with Gasteiger partial charge in [0.05, 0.1) is 17.1 Å². The van der Waals surface area contributed by atoms with Crippen molar-refractivity contribution in [3.63, 3.8) is 0 Å². The van der Waals surface area contributed by atoms with Crippen molar-refractivity contribution >= 4 is 22.8 Å². The average molecular weight is 346 g/mol. The van der Waals surface area contributed by atoms with E-state index in [-0.39, 0.29) is 18.0 Å². The van der Waals surface area contributed by atoms with Crippen molar-refractivity contribution in [1.82, 2.24) is 24.6 Å². The summed E-state index contributed by atoms with van der Waals surface area (Å²) in [4.78, 5) is 22.0. The second-order valence-electron chi connectivity index (χ2n) is 5.42. The molecule has 25 heavy (non-hydrogen) atoms. The van der Waals surface area contributed by atoms with E-state index in [9.17, 15) is 4.79 Å². The molecule has 2 N–H and O–H groups in total. The van der Waals surface area contributed by atoms with Crippen LogP contribution < -0.4 is 5.73 Å². The van der Waals surface area contributed by atoms with Crippen molar-refractivity contribution in [1.29, 1.82) is 0 Å². The van der Waals surface area contributed by atoms with E-state index >= 15 is 0 Å². The number of aromatic nitrogens is 4. The van der Waals surface area contributed by atoms with Crippen LogP contribution >= 0.6 is 0 Å². The Morgan fingerprint density at radius 1 is 1.32 bits per heavy atom. The van der Waals surface area contributed by atoms with Crippen LogP contribution in [-0.2, 0) is 4.79 Å². The van der Waals surface area contributed by atoms with Crippen molar-refractivity contribution in [2.75, 3.05) is 12.3 Å². The topological polar surface area (TPSA) is 89.9 Å². The lowest BCUT2D eigenvalue weighted by Crippen LogP contribution is -2.32. The molecule has 3 heterocycles. The highest BCUT2D eigenvalue weighted by Crippen LogP contribution is 2.31. The number of nitrogen functional groups attached to an aromatic ring is 1. The first-order valence-electron chi connectivity index (χ1n) is 8.91. The summed E-state index contributed by atoms with van der Waals surface area (Å²) >= 11 is 0. The van der Waals surface area contributed by atoms with Crippen LogP contribution in [0.4, 0.5) is 5.82 Å². The summed E-state index contributed by atoms with van der Waals surface area (Å²) in [6, 6.07) is 0.244. The van der Waals surface area contributed by atoms with E-state index in [1.807, 2.05) is 51.1 Å². The van der Waals surface area contributed by atoms with Crippen LogP contribution in [0.3, 0.4) is 0 Å². The number of nitrogens with two attached hydrogens (primary N) is 1. The van der Waals surface area contributed by atoms with Crippen LogP contribution in [0.5, 0.6) is 0 Å². The molecule has 1 unspecified atom stereocenters. The van der Waals surface area contributed by atoms with Gasteiger partial charge >= 0.3 is 0 Å². The molecule has 1 saturated heterocycles. The number of rotatable bonds is 2. The Balaban J connectivity index is 0.000000730. The number of nitrogens with zero attached hydrogens (tertiary/aromatic N) is 5. The van der Waals surface area contributed by atoms with Gasteiger partial charge < -0.3 is 10.6 Å². The molecule has 0 radical (unpaired) electrons. The molecule has 0 aliphatic carbocycles. The van der Waals surface area contributed by atoms with E-state index in [1.54, 1.807) is 0 Å². The van der Waals surface area contributed by atoms with Gasteiger partial charge in [0, 0.05) is 12.6 Å². The number of hydrogen-bond acceptors (Lipinski definition) is 5. The van der Waals surface area contributed by atoms with Gasteiger partial charge in [-0.15, -0.1) is 0 Å². The van der Waals surface area contributed by atoms with Gasteiger partial charge in [0.2, 0.25) is 5.91 Å². The zero-order valence-electron chi connectivity index (χ0n) is 16.2. The van der Waals surface area contributed by atoms with Crippen LogP contribution in [0.1, 0.15) is 52.8 Å².